The molecule has 0 bridgehead atoms. The Morgan fingerprint density at radius 2 is 2.00 bits per heavy atom. The van der Waals surface area contributed by atoms with Gasteiger partial charge in [-0.3, -0.25) is 4.68 Å². The van der Waals surface area contributed by atoms with Gasteiger partial charge >= 0.3 is 0 Å². The molecule has 0 aliphatic rings. The summed E-state index contributed by atoms with van der Waals surface area (Å²) in [6.45, 7) is 3.47. The summed E-state index contributed by atoms with van der Waals surface area (Å²) in [5.74, 6) is 0. The molecule has 0 spiro atoms. The highest BCUT2D eigenvalue weighted by molar-refractivity contribution is 5.17. The molecule has 1 aromatic carbocycles. The van der Waals surface area contributed by atoms with Crippen LogP contribution >= 0.6 is 0 Å². The van der Waals surface area contributed by atoms with Gasteiger partial charge in [-0.25, -0.2) is 0 Å². The first-order valence-electron chi connectivity index (χ1n) is 5.63. The number of nitrogens with two attached hydrogens (primary N) is 1. The maximum atomic E-state index is 5.60. The van der Waals surface area contributed by atoms with Crippen LogP contribution < -0.4 is 5.73 Å². The van der Waals surface area contributed by atoms with Crippen molar-refractivity contribution in [2.45, 2.75) is 26.4 Å². The van der Waals surface area contributed by atoms with Crippen molar-refractivity contribution >= 4 is 0 Å². The van der Waals surface area contributed by atoms with E-state index in [1.165, 1.54) is 11.3 Å². The highest BCUT2D eigenvalue weighted by atomic mass is 15.3. The van der Waals surface area contributed by atoms with E-state index in [1.807, 2.05) is 22.9 Å². The molecule has 0 fully saturated rings. The van der Waals surface area contributed by atoms with Gasteiger partial charge in [-0.15, -0.1) is 0 Å². The van der Waals surface area contributed by atoms with Crippen molar-refractivity contribution in [2.75, 3.05) is 0 Å². The zero-order valence-corrected chi connectivity index (χ0v) is 9.56. The first-order valence-corrected chi connectivity index (χ1v) is 5.63. The van der Waals surface area contributed by atoms with Crippen LogP contribution in [-0.2, 0) is 19.5 Å². The minimum Gasteiger partial charge on any atom is -0.325 e. The monoisotopic (exact) mass is 215 g/mol. The average Bonchev–Trinajstić information content (AvgIpc) is 2.73. The van der Waals surface area contributed by atoms with Crippen molar-refractivity contribution < 1.29 is 0 Å². The van der Waals surface area contributed by atoms with Gasteiger partial charge in [0.2, 0.25) is 0 Å². The quantitative estimate of drug-likeness (QED) is 0.847. The van der Waals surface area contributed by atoms with E-state index >= 15 is 0 Å². The van der Waals surface area contributed by atoms with Gasteiger partial charge in [0, 0.05) is 12.2 Å². The minimum absolute atomic E-state index is 0.509. The Bertz CT molecular complexity index is 445. The summed E-state index contributed by atoms with van der Waals surface area (Å²) in [4.78, 5) is 0. The Balaban J connectivity index is 2.23. The van der Waals surface area contributed by atoms with Gasteiger partial charge in [-0.1, -0.05) is 37.3 Å². The van der Waals surface area contributed by atoms with Crippen molar-refractivity contribution in [2.24, 2.45) is 5.73 Å². The average molecular weight is 215 g/mol. The van der Waals surface area contributed by atoms with Crippen LogP contribution in [-0.4, -0.2) is 9.78 Å². The third-order valence-corrected chi connectivity index (χ3v) is 2.66. The number of benzene rings is 1. The van der Waals surface area contributed by atoms with E-state index in [9.17, 15) is 0 Å². The van der Waals surface area contributed by atoms with E-state index in [-0.39, 0.29) is 0 Å². The van der Waals surface area contributed by atoms with Crippen LogP contribution in [0.25, 0.3) is 0 Å². The first-order chi connectivity index (χ1) is 7.83. The molecule has 1 aromatic heterocycles. The Morgan fingerprint density at radius 3 is 2.62 bits per heavy atom. The predicted octanol–water partition coefficient (Wildman–Crippen LogP) is 1.95. The molecule has 0 aliphatic heterocycles. The molecular formula is C13H17N3. The SMILES string of the molecule is CCc1cc(CN)nn1Cc1ccccc1. The maximum absolute atomic E-state index is 5.60. The van der Waals surface area contributed by atoms with Gasteiger partial charge in [-0.2, -0.15) is 5.10 Å². The summed E-state index contributed by atoms with van der Waals surface area (Å²) in [7, 11) is 0. The molecule has 16 heavy (non-hydrogen) atoms. The second-order valence-corrected chi connectivity index (χ2v) is 3.83. The predicted molar refractivity (Wildman–Crippen MR) is 65.0 cm³/mol. The Hall–Kier alpha value is -1.61. The molecule has 0 aliphatic carbocycles. The highest BCUT2D eigenvalue weighted by Gasteiger charge is 2.05. The third-order valence-electron chi connectivity index (χ3n) is 2.66. The smallest absolute Gasteiger partial charge is 0.0763 e. The molecule has 84 valence electrons. The summed E-state index contributed by atoms with van der Waals surface area (Å²) in [6.07, 6.45) is 0.986. The lowest BCUT2D eigenvalue weighted by Gasteiger charge is -2.05. The zero-order chi connectivity index (χ0) is 11.4. The number of aromatic nitrogens is 2. The fraction of sp³-hybridized carbons (Fsp3) is 0.308. The van der Waals surface area contributed by atoms with Crippen molar-refractivity contribution in [3.63, 3.8) is 0 Å². The van der Waals surface area contributed by atoms with Crippen molar-refractivity contribution in [1.29, 1.82) is 0 Å². The minimum atomic E-state index is 0.509. The normalized spacial score (nSPS) is 10.6. The van der Waals surface area contributed by atoms with E-state index in [4.69, 9.17) is 5.73 Å². The lowest BCUT2D eigenvalue weighted by atomic mass is 10.2. The van der Waals surface area contributed by atoms with Crippen molar-refractivity contribution in [3.8, 4) is 0 Å². The topological polar surface area (TPSA) is 43.8 Å². The number of aryl methyl sites for hydroxylation is 1. The Kier molecular flexibility index (Phi) is 3.37. The summed E-state index contributed by atoms with van der Waals surface area (Å²) in [5.41, 5.74) is 9.08. The van der Waals surface area contributed by atoms with Crippen LogP contribution in [0.5, 0.6) is 0 Å². The molecule has 2 aromatic rings. The molecule has 2 N–H and O–H groups in total. The van der Waals surface area contributed by atoms with E-state index in [0.29, 0.717) is 6.54 Å². The molecule has 0 saturated carbocycles. The third kappa shape index (κ3) is 2.31. The first kappa shape index (κ1) is 10.9. The number of hydrogen-bond acceptors (Lipinski definition) is 2. The molecule has 0 amide bonds. The van der Waals surface area contributed by atoms with Gasteiger partial charge in [0.15, 0.2) is 0 Å². The molecule has 1 heterocycles. The largest absolute Gasteiger partial charge is 0.325 e. The molecule has 3 heteroatoms. The molecule has 2 rings (SSSR count). The molecule has 3 nitrogen and oxygen atoms in total. The summed E-state index contributed by atoms with van der Waals surface area (Å²) in [5, 5.41) is 4.49. The van der Waals surface area contributed by atoms with E-state index in [0.717, 1.165) is 18.7 Å². The van der Waals surface area contributed by atoms with Gasteiger partial charge in [0.25, 0.3) is 0 Å². The van der Waals surface area contributed by atoms with Crippen LogP contribution in [0.4, 0.5) is 0 Å². The van der Waals surface area contributed by atoms with Crippen LogP contribution in [0.3, 0.4) is 0 Å². The lowest BCUT2D eigenvalue weighted by molar-refractivity contribution is 0.639. The van der Waals surface area contributed by atoms with Crippen molar-refractivity contribution in [1.82, 2.24) is 9.78 Å². The molecule has 0 saturated heterocycles. The van der Waals surface area contributed by atoms with Gasteiger partial charge < -0.3 is 5.73 Å². The molecular weight excluding hydrogens is 198 g/mol. The molecule has 0 atom stereocenters. The lowest BCUT2D eigenvalue weighted by Crippen LogP contribution is -2.06. The Labute approximate surface area is 95.9 Å². The van der Waals surface area contributed by atoms with Crippen LogP contribution in [0.1, 0.15) is 23.9 Å². The fourth-order valence-electron chi connectivity index (χ4n) is 1.79. The maximum Gasteiger partial charge on any atom is 0.0763 e. The van der Waals surface area contributed by atoms with Crippen LogP contribution in [0.15, 0.2) is 36.4 Å². The van der Waals surface area contributed by atoms with Gasteiger partial charge in [0.1, 0.15) is 0 Å². The summed E-state index contributed by atoms with van der Waals surface area (Å²) >= 11 is 0. The van der Waals surface area contributed by atoms with E-state index in [1.54, 1.807) is 0 Å². The highest BCUT2D eigenvalue weighted by Crippen LogP contribution is 2.08. The Morgan fingerprint density at radius 1 is 1.25 bits per heavy atom. The number of hydrogen-bond donors (Lipinski definition) is 1. The zero-order valence-electron chi connectivity index (χ0n) is 9.56. The van der Waals surface area contributed by atoms with Gasteiger partial charge in [0.05, 0.1) is 12.2 Å². The molecule has 0 unspecified atom stereocenters. The van der Waals surface area contributed by atoms with Gasteiger partial charge in [-0.05, 0) is 18.1 Å². The number of rotatable bonds is 4. The second kappa shape index (κ2) is 4.94. The second-order valence-electron chi connectivity index (χ2n) is 3.83. The van der Waals surface area contributed by atoms with Crippen molar-refractivity contribution in [3.05, 3.63) is 53.3 Å². The number of nitrogens with zero attached hydrogens (tertiary/aromatic N) is 2. The molecule has 0 radical (unpaired) electrons. The van der Waals surface area contributed by atoms with E-state index in [2.05, 4.69) is 30.2 Å². The summed E-state index contributed by atoms with van der Waals surface area (Å²) < 4.78 is 2.04. The van der Waals surface area contributed by atoms with E-state index < -0.39 is 0 Å². The van der Waals surface area contributed by atoms with Crippen LogP contribution in [0.2, 0.25) is 0 Å². The van der Waals surface area contributed by atoms with Crippen LogP contribution in [0, 0.1) is 0 Å². The fourth-order valence-corrected chi connectivity index (χ4v) is 1.79. The summed E-state index contributed by atoms with van der Waals surface area (Å²) in [6, 6.07) is 12.4. The standard InChI is InChI=1S/C13H17N3/c1-2-13-8-12(9-14)15-16(13)10-11-6-4-3-5-7-11/h3-8H,2,9-10,14H2,1H3.